The third-order valence-corrected chi connectivity index (χ3v) is 5.42. The van der Waals surface area contributed by atoms with Crippen LogP contribution in [0.15, 0.2) is 24.3 Å². The zero-order valence-electron chi connectivity index (χ0n) is 15.6. The summed E-state index contributed by atoms with van der Waals surface area (Å²) in [5, 5.41) is 0. The van der Waals surface area contributed by atoms with E-state index in [1.54, 1.807) is 12.0 Å². The maximum Gasteiger partial charge on any atom is 0.414 e. The van der Waals surface area contributed by atoms with Gasteiger partial charge in [-0.2, -0.15) is 0 Å². The van der Waals surface area contributed by atoms with Crippen molar-refractivity contribution in [3.05, 3.63) is 29.8 Å². The molecule has 0 bridgehead atoms. The van der Waals surface area contributed by atoms with Crippen LogP contribution in [-0.2, 0) is 20.7 Å². The van der Waals surface area contributed by atoms with Crippen molar-refractivity contribution in [1.29, 1.82) is 0 Å². The molecule has 1 saturated carbocycles. The van der Waals surface area contributed by atoms with E-state index in [1.165, 1.54) is 24.8 Å². The van der Waals surface area contributed by atoms with Gasteiger partial charge in [0.15, 0.2) is 0 Å². The summed E-state index contributed by atoms with van der Waals surface area (Å²) in [7, 11) is 1.60. The third kappa shape index (κ3) is 4.85. The van der Waals surface area contributed by atoms with Crippen LogP contribution in [0.5, 0.6) is 0 Å². The maximum atomic E-state index is 12.3. The van der Waals surface area contributed by atoms with Crippen LogP contribution in [0.1, 0.15) is 50.5 Å². The summed E-state index contributed by atoms with van der Waals surface area (Å²) in [6, 6.07) is 7.98. The number of carbonyl (C=O) groups excluding carboxylic acids is 2. The lowest BCUT2D eigenvalue weighted by Crippen LogP contribution is -2.25. The SMILES string of the molecule is COCC1CN(c2ccc(CCCC(=O)C3CCCCC3)cc2)C(=O)O1. The molecule has 5 nitrogen and oxygen atoms in total. The summed E-state index contributed by atoms with van der Waals surface area (Å²) in [6.07, 6.45) is 7.83. The summed E-state index contributed by atoms with van der Waals surface area (Å²) < 4.78 is 10.3. The van der Waals surface area contributed by atoms with Gasteiger partial charge in [0.2, 0.25) is 0 Å². The standard InChI is InChI=1S/C21H29NO4/c1-25-15-19-14-22(21(24)26-19)18-12-10-16(11-13-18)6-5-9-20(23)17-7-3-2-4-8-17/h10-13,17,19H,2-9,14-15H2,1H3. The van der Waals surface area contributed by atoms with Crippen molar-refractivity contribution in [2.24, 2.45) is 5.92 Å². The van der Waals surface area contributed by atoms with Crippen LogP contribution in [0.25, 0.3) is 0 Å². The molecule has 1 aliphatic heterocycles. The number of carbonyl (C=O) groups is 2. The number of methoxy groups -OCH3 is 1. The number of anilines is 1. The lowest BCUT2D eigenvalue weighted by molar-refractivity contribution is -0.123. The molecule has 142 valence electrons. The van der Waals surface area contributed by atoms with Crippen LogP contribution in [0.2, 0.25) is 0 Å². The molecule has 1 amide bonds. The molecule has 0 radical (unpaired) electrons. The van der Waals surface area contributed by atoms with Gasteiger partial charge in [-0.3, -0.25) is 9.69 Å². The van der Waals surface area contributed by atoms with Crippen LogP contribution in [0.4, 0.5) is 10.5 Å². The van der Waals surface area contributed by atoms with E-state index in [1.807, 2.05) is 24.3 Å². The predicted octanol–water partition coefficient (Wildman–Crippen LogP) is 4.13. The minimum atomic E-state index is -0.321. The quantitative estimate of drug-likeness (QED) is 0.700. The molecule has 0 aromatic heterocycles. The second-order valence-electron chi connectivity index (χ2n) is 7.39. The van der Waals surface area contributed by atoms with Gasteiger partial charge in [-0.15, -0.1) is 0 Å². The highest BCUT2D eigenvalue weighted by Crippen LogP contribution is 2.26. The molecular weight excluding hydrogens is 330 g/mol. The number of ketones is 1. The molecule has 1 heterocycles. The van der Waals surface area contributed by atoms with Gasteiger partial charge >= 0.3 is 6.09 Å². The minimum absolute atomic E-state index is 0.210. The Morgan fingerprint density at radius 3 is 2.62 bits per heavy atom. The number of aryl methyl sites for hydroxylation is 1. The highest BCUT2D eigenvalue weighted by atomic mass is 16.6. The Hall–Kier alpha value is -1.88. The van der Waals surface area contributed by atoms with Gasteiger partial charge in [0.05, 0.1) is 13.2 Å². The number of amides is 1. The van der Waals surface area contributed by atoms with Gasteiger partial charge in [0.25, 0.3) is 0 Å². The maximum absolute atomic E-state index is 12.3. The number of hydrogen-bond donors (Lipinski definition) is 0. The van der Waals surface area contributed by atoms with Crippen LogP contribution in [0.3, 0.4) is 0 Å². The van der Waals surface area contributed by atoms with Crippen LogP contribution < -0.4 is 4.90 Å². The molecule has 26 heavy (non-hydrogen) atoms. The first-order valence-corrected chi connectivity index (χ1v) is 9.76. The van der Waals surface area contributed by atoms with Crippen LogP contribution >= 0.6 is 0 Å². The monoisotopic (exact) mass is 359 g/mol. The highest BCUT2D eigenvalue weighted by Gasteiger charge is 2.32. The Morgan fingerprint density at radius 1 is 1.19 bits per heavy atom. The van der Waals surface area contributed by atoms with Crippen molar-refractivity contribution in [2.45, 2.75) is 57.5 Å². The summed E-state index contributed by atoms with van der Waals surface area (Å²) in [5.41, 5.74) is 2.04. The fourth-order valence-electron chi connectivity index (χ4n) is 3.94. The first-order valence-electron chi connectivity index (χ1n) is 9.76. The molecule has 3 rings (SSSR count). The molecule has 1 saturated heterocycles. The number of ether oxygens (including phenoxy) is 2. The molecule has 1 aromatic rings. The van der Waals surface area contributed by atoms with Crippen molar-refractivity contribution in [3.63, 3.8) is 0 Å². The second-order valence-corrected chi connectivity index (χ2v) is 7.39. The van der Waals surface area contributed by atoms with Gasteiger partial charge in [-0.05, 0) is 43.4 Å². The molecule has 5 heteroatoms. The largest absolute Gasteiger partial charge is 0.441 e. The van der Waals surface area contributed by atoms with Crippen LogP contribution in [0, 0.1) is 5.92 Å². The Morgan fingerprint density at radius 2 is 1.92 bits per heavy atom. The topological polar surface area (TPSA) is 55.8 Å². The van der Waals surface area contributed by atoms with Gasteiger partial charge in [0, 0.05) is 25.1 Å². The number of Topliss-reactive ketones (excluding diaryl/α,β-unsaturated/α-hetero) is 1. The number of benzene rings is 1. The number of hydrogen-bond acceptors (Lipinski definition) is 4. The first-order chi connectivity index (χ1) is 12.7. The van der Waals surface area contributed by atoms with E-state index in [9.17, 15) is 9.59 Å². The highest BCUT2D eigenvalue weighted by molar-refractivity contribution is 5.89. The number of nitrogens with zero attached hydrogens (tertiary/aromatic N) is 1. The van der Waals surface area contributed by atoms with Gasteiger partial charge in [-0.25, -0.2) is 4.79 Å². The molecule has 1 aromatic carbocycles. The molecule has 2 aliphatic rings. The van der Waals surface area contributed by atoms with Crippen molar-refractivity contribution in [2.75, 3.05) is 25.2 Å². The zero-order chi connectivity index (χ0) is 18.4. The van der Waals surface area contributed by atoms with E-state index in [0.29, 0.717) is 31.3 Å². The Balaban J connectivity index is 1.46. The summed E-state index contributed by atoms with van der Waals surface area (Å²) in [6.45, 7) is 0.928. The molecule has 1 aliphatic carbocycles. The van der Waals surface area contributed by atoms with E-state index in [2.05, 4.69) is 0 Å². The molecule has 0 spiro atoms. The van der Waals surface area contributed by atoms with E-state index in [0.717, 1.165) is 31.4 Å². The Bertz CT molecular complexity index is 607. The number of rotatable bonds is 8. The first kappa shape index (κ1) is 18.9. The average molecular weight is 359 g/mol. The van der Waals surface area contributed by atoms with E-state index < -0.39 is 0 Å². The number of cyclic esters (lactones) is 1. The van der Waals surface area contributed by atoms with Crippen molar-refractivity contribution in [3.8, 4) is 0 Å². The fourth-order valence-corrected chi connectivity index (χ4v) is 3.94. The van der Waals surface area contributed by atoms with Gasteiger partial charge in [0.1, 0.15) is 11.9 Å². The van der Waals surface area contributed by atoms with Gasteiger partial charge in [-0.1, -0.05) is 31.4 Å². The van der Waals surface area contributed by atoms with Crippen molar-refractivity contribution >= 4 is 17.6 Å². The van der Waals surface area contributed by atoms with Crippen molar-refractivity contribution in [1.82, 2.24) is 0 Å². The normalized spacial score (nSPS) is 21.0. The van der Waals surface area contributed by atoms with E-state index in [-0.39, 0.29) is 12.2 Å². The minimum Gasteiger partial charge on any atom is -0.441 e. The van der Waals surface area contributed by atoms with E-state index in [4.69, 9.17) is 9.47 Å². The second kappa shape index (κ2) is 9.17. The summed E-state index contributed by atoms with van der Waals surface area (Å²) in [4.78, 5) is 25.9. The lowest BCUT2D eigenvalue weighted by atomic mass is 9.84. The summed E-state index contributed by atoms with van der Waals surface area (Å²) >= 11 is 0. The Labute approximate surface area is 155 Å². The lowest BCUT2D eigenvalue weighted by Gasteiger charge is -2.20. The smallest absolute Gasteiger partial charge is 0.414 e. The molecular formula is C21H29NO4. The molecule has 0 N–H and O–H groups in total. The predicted molar refractivity (Wildman–Crippen MR) is 100 cm³/mol. The average Bonchev–Trinajstić information content (AvgIpc) is 3.03. The molecule has 1 unspecified atom stereocenters. The van der Waals surface area contributed by atoms with E-state index >= 15 is 0 Å². The third-order valence-electron chi connectivity index (χ3n) is 5.42. The van der Waals surface area contributed by atoms with Gasteiger partial charge < -0.3 is 9.47 Å². The van der Waals surface area contributed by atoms with Crippen molar-refractivity contribution < 1.29 is 19.1 Å². The summed E-state index contributed by atoms with van der Waals surface area (Å²) in [5.74, 6) is 0.762. The van der Waals surface area contributed by atoms with Crippen LogP contribution in [-0.4, -0.2) is 38.2 Å². The molecule has 2 fully saturated rings. The fraction of sp³-hybridized carbons (Fsp3) is 0.619. The zero-order valence-corrected chi connectivity index (χ0v) is 15.6. The Kier molecular flexibility index (Phi) is 6.67. The molecule has 1 atom stereocenters.